The number of likely N-dealkylation sites (tertiary alicyclic amines) is 1. The van der Waals surface area contributed by atoms with Crippen molar-refractivity contribution in [2.75, 3.05) is 13.2 Å². The number of carbonyl (C=O) groups is 2. The molecule has 2 aromatic carbocycles. The molecule has 4 rings (SSSR count). The number of Topliss-reactive ketones (excluding diaryl/α,β-unsaturated/α-hetero) is 1. The fourth-order valence-corrected chi connectivity index (χ4v) is 4.54. The van der Waals surface area contributed by atoms with Gasteiger partial charge in [0.05, 0.1) is 24.3 Å². The van der Waals surface area contributed by atoms with Gasteiger partial charge in [0, 0.05) is 12.1 Å². The van der Waals surface area contributed by atoms with Gasteiger partial charge < -0.3 is 19.8 Å². The Kier molecular flexibility index (Phi) is 6.33. The van der Waals surface area contributed by atoms with Crippen LogP contribution in [-0.2, 0) is 27.2 Å². The molecule has 168 valence electrons. The van der Waals surface area contributed by atoms with Crippen LogP contribution in [0.3, 0.4) is 0 Å². The van der Waals surface area contributed by atoms with Crippen molar-refractivity contribution < 1.29 is 24.5 Å². The maximum Gasteiger partial charge on any atom is 0.295 e. The standard InChI is InChI=1S/C26H29NO5/c1-16(2)32-14-13-27-23(18-9-11-21(28)12-10-18)22(25(30)26(27)31)24(29)20-8-7-17-5-3-4-6-19(17)15-20/h7-12,15-16,23,28-29H,3-6,13-14H2,1-2H3/b24-22-. The number of fused-ring (bicyclic) bond motifs is 1. The average Bonchev–Trinajstić information content (AvgIpc) is 3.03. The number of hydrogen-bond donors (Lipinski definition) is 2. The first kappa shape index (κ1) is 22.1. The molecule has 6 nitrogen and oxygen atoms in total. The third-order valence-corrected chi connectivity index (χ3v) is 6.15. The van der Waals surface area contributed by atoms with Crippen LogP contribution in [0.2, 0.25) is 0 Å². The molecule has 0 spiro atoms. The second kappa shape index (κ2) is 9.17. The molecule has 2 aromatic rings. The van der Waals surface area contributed by atoms with E-state index in [-0.39, 0.29) is 36.3 Å². The molecule has 0 saturated carbocycles. The Balaban J connectivity index is 1.77. The lowest BCUT2D eigenvalue weighted by molar-refractivity contribution is -0.140. The number of aryl methyl sites for hydroxylation is 2. The number of ketones is 1. The topological polar surface area (TPSA) is 87.1 Å². The van der Waals surface area contributed by atoms with E-state index in [1.807, 2.05) is 32.0 Å². The minimum atomic E-state index is -0.748. The molecule has 0 bridgehead atoms. The molecule has 6 heteroatoms. The highest BCUT2D eigenvalue weighted by atomic mass is 16.5. The minimum absolute atomic E-state index is 0.00515. The first-order valence-corrected chi connectivity index (χ1v) is 11.2. The zero-order valence-electron chi connectivity index (χ0n) is 18.5. The van der Waals surface area contributed by atoms with Crippen molar-refractivity contribution in [3.8, 4) is 5.75 Å². The van der Waals surface area contributed by atoms with E-state index in [0.717, 1.165) is 25.7 Å². The average molecular weight is 436 g/mol. The molecule has 2 aliphatic rings. The Bertz CT molecular complexity index is 1050. The molecule has 1 amide bonds. The van der Waals surface area contributed by atoms with Gasteiger partial charge in [0.15, 0.2) is 0 Å². The molecule has 0 radical (unpaired) electrons. The third kappa shape index (κ3) is 4.28. The van der Waals surface area contributed by atoms with Crippen LogP contribution >= 0.6 is 0 Å². The van der Waals surface area contributed by atoms with Gasteiger partial charge in [-0.1, -0.05) is 24.3 Å². The summed E-state index contributed by atoms with van der Waals surface area (Å²) in [6, 6.07) is 11.4. The highest BCUT2D eigenvalue weighted by Crippen LogP contribution is 2.40. The van der Waals surface area contributed by atoms with Gasteiger partial charge in [0.1, 0.15) is 11.5 Å². The summed E-state index contributed by atoms with van der Waals surface area (Å²) in [7, 11) is 0. The van der Waals surface area contributed by atoms with Crippen molar-refractivity contribution in [1.29, 1.82) is 0 Å². The first-order valence-electron chi connectivity index (χ1n) is 11.2. The monoisotopic (exact) mass is 435 g/mol. The number of nitrogens with zero attached hydrogens (tertiary/aromatic N) is 1. The maximum absolute atomic E-state index is 13.1. The Morgan fingerprint density at radius 2 is 1.75 bits per heavy atom. The molecule has 1 aliphatic carbocycles. The Labute approximate surface area is 188 Å². The van der Waals surface area contributed by atoms with E-state index in [4.69, 9.17) is 4.74 Å². The number of hydrogen-bond acceptors (Lipinski definition) is 5. The number of phenols is 1. The SMILES string of the molecule is CC(C)OCCN1C(=O)C(=O)/C(=C(\O)c2ccc3c(c2)CCCC3)C1c1ccc(O)cc1. The number of rotatable bonds is 6. The van der Waals surface area contributed by atoms with Gasteiger partial charge in [0.25, 0.3) is 11.7 Å². The van der Waals surface area contributed by atoms with Crippen molar-refractivity contribution in [2.24, 2.45) is 0 Å². The lowest BCUT2D eigenvalue weighted by Crippen LogP contribution is -2.33. The molecule has 32 heavy (non-hydrogen) atoms. The molecule has 1 atom stereocenters. The fourth-order valence-electron chi connectivity index (χ4n) is 4.54. The molecular formula is C26H29NO5. The van der Waals surface area contributed by atoms with E-state index in [0.29, 0.717) is 11.1 Å². The van der Waals surface area contributed by atoms with Crippen LogP contribution in [-0.4, -0.2) is 46.1 Å². The maximum atomic E-state index is 13.1. The van der Waals surface area contributed by atoms with Crippen LogP contribution in [0.4, 0.5) is 0 Å². The van der Waals surface area contributed by atoms with Gasteiger partial charge in [-0.25, -0.2) is 0 Å². The third-order valence-electron chi connectivity index (χ3n) is 6.15. The van der Waals surface area contributed by atoms with Crippen molar-refractivity contribution in [3.05, 3.63) is 70.3 Å². The fraction of sp³-hybridized carbons (Fsp3) is 0.385. The molecule has 1 unspecified atom stereocenters. The van der Waals surface area contributed by atoms with Crippen LogP contribution < -0.4 is 0 Å². The van der Waals surface area contributed by atoms with E-state index >= 15 is 0 Å². The second-order valence-corrected chi connectivity index (χ2v) is 8.69. The first-order chi connectivity index (χ1) is 15.4. The quantitative estimate of drug-likeness (QED) is 0.405. The van der Waals surface area contributed by atoms with Crippen LogP contribution in [0.25, 0.3) is 5.76 Å². The number of aliphatic hydroxyl groups excluding tert-OH is 1. The second-order valence-electron chi connectivity index (χ2n) is 8.69. The zero-order chi connectivity index (χ0) is 22.8. The van der Waals surface area contributed by atoms with Gasteiger partial charge in [-0.05, 0) is 74.4 Å². The van der Waals surface area contributed by atoms with Crippen molar-refractivity contribution in [3.63, 3.8) is 0 Å². The molecule has 1 aliphatic heterocycles. The van der Waals surface area contributed by atoms with Crippen LogP contribution in [0.5, 0.6) is 5.75 Å². The summed E-state index contributed by atoms with van der Waals surface area (Å²) in [5, 5.41) is 20.9. The summed E-state index contributed by atoms with van der Waals surface area (Å²) in [4.78, 5) is 27.4. The summed E-state index contributed by atoms with van der Waals surface area (Å²) < 4.78 is 5.61. The normalized spacial score (nSPS) is 20.1. The number of aromatic hydroxyl groups is 1. The lowest BCUT2D eigenvalue weighted by Gasteiger charge is -2.26. The van der Waals surface area contributed by atoms with E-state index in [2.05, 4.69) is 0 Å². The zero-order valence-corrected chi connectivity index (χ0v) is 18.5. The summed E-state index contributed by atoms with van der Waals surface area (Å²) in [5.74, 6) is -1.44. The molecule has 0 aromatic heterocycles. The summed E-state index contributed by atoms with van der Waals surface area (Å²) in [5.41, 5.74) is 3.72. The van der Waals surface area contributed by atoms with Crippen molar-refractivity contribution >= 4 is 17.4 Å². The highest BCUT2D eigenvalue weighted by molar-refractivity contribution is 6.46. The van der Waals surface area contributed by atoms with Gasteiger partial charge in [0.2, 0.25) is 0 Å². The highest BCUT2D eigenvalue weighted by Gasteiger charge is 2.46. The van der Waals surface area contributed by atoms with Gasteiger partial charge in [-0.3, -0.25) is 9.59 Å². The number of aliphatic hydroxyl groups is 1. The predicted molar refractivity (Wildman–Crippen MR) is 121 cm³/mol. The minimum Gasteiger partial charge on any atom is -0.508 e. The summed E-state index contributed by atoms with van der Waals surface area (Å²) in [6.07, 6.45) is 4.21. The van der Waals surface area contributed by atoms with Crippen LogP contribution in [0.15, 0.2) is 48.0 Å². The number of phenolic OH excluding ortho intramolecular Hbond substituents is 1. The Morgan fingerprint density at radius 3 is 2.44 bits per heavy atom. The van der Waals surface area contributed by atoms with Crippen molar-refractivity contribution in [2.45, 2.75) is 51.7 Å². The number of benzene rings is 2. The Hall–Kier alpha value is -3.12. The van der Waals surface area contributed by atoms with E-state index in [9.17, 15) is 19.8 Å². The largest absolute Gasteiger partial charge is 0.508 e. The molecule has 1 fully saturated rings. The summed E-state index contributed by atoms with van der Waals surface area (Å²) in [6.45, 7) is 4.30. The van der Waals surface area contributed by atoms with Gasteiger partial charge in [-0.15, -0.1) is 0 Å². The number of ether oxygens (including phenoxy) is 1. The summed E-state index contributed by atoms with van der Waals surface area (Å²) >= 11 is 0. The number of amides is 1. The van der Waals surface area contributed by atoms with E-state index in [1.54, 1.807) is 12.1 Å². The van der Waals surface area contributed by atoms with Crippen LogP contribution in [0.1, 0.15) is 55.0 Å². The lowest BCUT2D eigenvalue weighted by atomic mass is 9.88. The smallest absolute Gasteiger partial charge is 0.295 e. The number of carbonyl (C=O) groups excluding carboxylic acids is 2. The molecule has 1 heterocycles. The van der Waals surface area contributed by atoms with E-state index < -0.39 is 17.7 Å². The van der Waals surface area contributed by atoms with Crippen molar-refractivity contribution in [1.82, 2.24) is 4.90 Å². The molecule has 1 saturated heterocycles. The Morgan fingerprint density at radius 1 is 1.06 bits per heavy atom. The molecule has 2 N–H and O–H groups in total. The van der Waals surface area contributed by atoms with Crippen LogP contribution in [0, 0.1) is 0 Å². The van der Waals surface area contributed by atoms with Gasteiger partial charge >= 0.3 is 0 Å². The molecular weight excluding hydrogens is 406 g/mol. The predicted octanol–water partition coefficient (Wildman–Crippen LogP) is 4.12. The van der Waals surface area contributed by atoms with E-state index in [1.165, 1.54) is 28.2 Å². The van der Waals surface area contributed by atoms with Gasteiger partial charge in [-0.2, -0.15) is 0 Å².